The second kappa shape index (κ2) is 2.49. The van der Waals surface area contributed by atoms with E-state index in [0.29, 0.717) is 16.9 Å². The van der Waals surface area contributed by atoms with Crippen molar-refractivity contribution in [1.82, 2.24) is 14.6 Å². The number of imidazole rings is 1. The first-order valence-corrected chi connectivity index (χ1v) is 3.55. The summed E-state index contributed by atoms with van der Waals surface area (Å²) in [5.74, 6) is 10.9. The van der Waals surface area contributed by atoms with E-state index in [1.807, 2.05) is 0 Å². The van der Waals surface area contributed by atoms with Gasteiger partial charge < -0.3 is 16.3 Å². The van der Waals surface area contributed by atoms with E-state index in [1.54, 1.807) is 6.07 Å². The first kappa shape index (κ1) is 7.62. The fourth-order valence-electron chi connectivity index (χ4n) is 1.13. The SMILES string of the molecule is NNc1cc2[nH]cnc2c(=O)n1N. The van der Waals surface area contributed by atoms with E-state index in [4.69, 9.17) is 11.7 Å². The van der Waals surface area contributed by atoms with Crippen molar-refractivity contribution in [3.8, 4) is 0 Å². The summed E-state index contributed by atoms with van der Waals surface area (Å²) in [6, 6.07) is 1.60. The van der Waals surface area contributed by atoms with Crippen LogP contribution in [0, 0.1) is 0 Å². The van der Waals surface area contributed by atoms with Gasteiger partial charge in [0.15, 0.2) is 5.52 Å². The van der Waals surface area contributed by atoms with Gasteiger partial charge in [-0.25, -0.2) is 15.5 Å². The number of H-pyrrole nitrogens is 1. The second-order valence-electron chi connectivity index (χ2n) is 2.51. The lowest BCUT2D eigenvalue weighted by atomic mass is 10.4. The smallest absolute Gasteiger partial charge is 0.298 e. The Labute approximate surface area is 72.3 Å². The van der Waals surface area contributed by atoms with Gasteiger partial charge in [0.05, 0.1) is 11.8 Å². The van der Waals surface area contributed by atoms with E-state index < -0.39 is 5.56 Å². The fraction of sp³-hybridized carbons (Fsp3) is 0. The molecule has 0 aliphatic rings. The molecule has 6 N–H and O–H groups in total. The highest BCUT2D eigenvalue weighted by atomic mass is 16.1. The first-order valence-electron chi connectivity index (χ1n) is 3.55. The molecule has 0 unspecified atom stereocenters. The molecule has 7 heteroatoms. The van der Waals surface area contributed by atoms with Crippen molar-refractivity contribution in [2.45, 2.75) is 0 Å². The average molecular weight is 180 g/mol. The average Bonchev–Trinajstić information content (AvgIpc) is 2.59. The molecule has 0 fully saturated rings. The van der Waals surface area contributed by atoms with Crippen LogP contribution >= 0.6 is 0 Å². The number of hydrogen-bond acceptors (Lipinski definition) is 5. The number of nitrogens with two attached hydrogens (primary N) is 2. The number of hydrogen-bond donors (Lipinski definition) is 4. The van der Waals surface area contributed by atoms with Gasteiger partial charge in [-0.1, -0.05) is 0 Å². The Bertz CT molecular complexity index is 497. The fourth-order valence-corrected chi connectivity index (χ4v) is 1.13. The Morgan fingerprint density at radius 2 is 2.38 bits per heavy atom. The lowest BCUT2D eigenvalue weighted by Crippen LogP contribution is -2.31. The van der Waals surface area contributed by atoms with Gasteiger partial charge in [-0.2, -0.15) is 0 Å². The van der Waals surface area contributed by atoms with Crippen LogP contribution in [0.3, 0.4) is 0 Å². The summed E-state index contributed by atoms with van der Waals surface area (Å²) in [6.45, 7) is 0. The van der Waals surface area contributed by atoms with Gasteiger partial charge >= 0.3 is 0 Å². The van der Waals surface area contributed by atoms with Crippen LogP contribution in [0.2, 0.25) is 0 Å². The highest BCUT2D eigenvalue weighted by Gasteiger charge is 2.07. The van der Waals surface area contributed by atoms with Crippen LogP contribution < -0.4 is 22.7 Å². The first-order chi connectivity index (χ1) is 6.24. The molecule has 0 atom stereocenters. The summed E-state index contributed by atoms with van der Waals surface area (Å²) in [7, 11) is 0. The molecule has 0 saturated carbocycles. The third kappa shape index (κ3) is 0.942. The largest absolute Gasteiger partial charge is 0.344 e. The predicted molar refractivity (Wildman–Crippen MR) is 48.3 cm³/mol. The van der Waals surface area contributed by atoms with Gasteiger partial charge in [-0.05, 0) is 0 Å². The molecular formula is C6H8N6O. The Morgan fingerprint density at radius 3 is 3.08 bits per heavy atom. The van der Waals surface area contributed by atoms with Gasteiger partial charge in [-0.3, -0.25) is 4.79 Å². The second-order valence-corrected chi connectivity index (χ2v) is 2.51. The molecule has 7 nitrogen and oxygen atoms in total. The maximum atomic E-state index is 11.4. The molecule has 2 aromatic rings. The molecule has 0 amide bonds. The molecule has 0 bridgehead atoms. The zero-order valence-corrected chi connectivity index (χ0v) is 6.61. The molecule has 0 saturated heterocycles. The topological polar surface area (TPSA) is 115 Å². The third-order valence-corrected chi connectivity index (χ3v) is 1.78. The van der Waals surface area contributed by atoms with Crippen molar-refractivity contribution in [3.05, 3.63) is 22.7 Å². The number of aromatic nitrogens is 3. The minimum atomic E-state index is -0.397. The van der Waals surface area contributed by atoms with Crippen LogP contribution in [0.4, 0.5) is 5.82 Å². The summed E-state index contributed by atoms with van der Waals surface area (Å²) in [5, 5.41) is 0. The van der Waals surface area contributed by atoms with Gasteiger partial charge in [0.25, 0.3) is 5.56 Å². The maximum absolute atomic E-state index is 11.4. The highest BCUT2D eigenvalue weighted by Crippen LogP contribution is 2.08. The number of nitrogens with zero attached hydrogens (tertiary/aromatic N) is 2. The molecule has 0 aromatic carbocycles. The lowest BCUT2D eigenvalue weighted by Gasteiger charge is -2.05. The number of aromatic amines is 1. The Hall–Kier alpha value is -2.02. The molecule has 13 heavy (non-hydrogen) atoms. The van der Waals surface area contributed by atoms with Crippen LogP contribution in [0.1, 0.15) is 0 Å². The molecule has 0 aliphatic carbocycles. The monoisotopic (exact) mass is 180 g/mol. The quantitative estimate of drug-likeness (QED) is 0.322. The molecule has 2 rings (SSSR count). The Morgan fingerprint density at radius 1 is 1.62 bits per heavy atom. The Kier molecular flexibility index (Phi) is 1.46. The predicted octanol–water partition coefficient (Wildman–Crippen LogP) is -1.28. The summed E-state index contributed by atoms with van der Waals surface area (Å²) in [6.07, 6.45) is 1.42. The number of fused-ring (bicyclic) bond motifs is 1. The van der Waals surface area contributed by atoms with Crippen LogP contribution in [0.25, 0.3) is 11.0 Å². The van der Waals surface area contributed by atoms with Gasteiger partial charge in [0.2, 0.25) is 0 Å². The summed E-state index contributed by atoms with van der Waals surface area (Å²) >= 11 is 0. The van der Waals surface area contributed by atoms with E-state index >= 15 is 0 Å². The van der Waals surface area contributed by atoms with E-state index in [2.05, 4.69) is 15.4 Å². The number of nitrogen functional groups attached to an aromatic ring is 2. The van der Waals surface area contributed by atoms with Crippen molar-refractivity contribution in [2.24, 2.45) is 5.84 Å². The highest BCUT2D eigenvalue weighted by molar-refractivity contribution is 5.76. The molecule has 2 heterocycles. The molecule has 0 spiro atoms. The number of nitrogens with one attached hydrogen (secondary N) is 2. The van der Waals surface area contributed by atoms with Crippen molar-refractivity contribution < 1.29 is 0 Å². The van der Waals surface area contributed by atoms with Gasteiger partial charge in [0, 0.05) is 6.07 Å². The van der Waals surface area contributed by atoms with Crippen LogP contribution in [-0.2, 0) is 0 Å². The van der Waals surface area contributed by atoms with E-state index in [9.17, 15) is 4.79 Å². The number of hydrazine groups is 1. The summed E-state index contributed by atoms with van der Waals surface area (Å²) in [4.78, 5) is 18.0. The van der Waals surface area contributed by atoms with Gasteiger partial charge in [0.1, 0.15) is 5.82 Å². The van der Waals surface area contributed by atoms with Crippen LogP contribution in [0.5, 0.6) is 0 Å². The molecule has 0 aliphatic heterocycles. The maximum Gasteiger partial charge on any atom is 0.298 e. The molecular weight excluding hydrogens is 172 g/mol. The normalized spacial score (nSPS) is 10.5. The molecule has 0 radical (unpaired) electrons. The molecule has 68 valence electrons. The summed E-state index contributed by atoms with van der Waals surface area (Å²) < 4.78 is 0.906. The number of rotatable bonds is 1. The molecule has 2 aromatic heterocycles. The van der Waals surface area contributed by atoms with E-state index in [1.165, 1.54) is 6.33 Å². The standard InChI is InChI=1S/C6H8N6O/c7-11-4-1-3-5(10-2-9-3)6(13)12(4)8/h1-2,11H,7-8H2,(H,9,10). The van der Waals surface area contributed by atoms with Gasteiger partial charge in [-0.15, -0.1) is 0 Å². The minimum Gasteiger partial charge on any atom is -0.344 e. The minimum absolute atomic E-state index is 0.293. The zero-order valence-electron chi connectivity index (χ0n) is 6.61. The van der Waals surface area contributed by atoms with Crippen LogP contribution in [0.15, 0.2) is 17.2 Å². The third-order valence-electron chi connectivity index (χ3n) is 1.78. The van der Waals surface area contributed by atoms with Crippen molar-refractivity contribution in [1.29, 1.82) is 0 Å². The van der Waals surface area contributed by atoms with E-state index in [-0.39, 0.29) is 0 Å². The summed E-state index contributed by atoms with van der Waals surface area (Å²) in [5.41, 5.74) is 2.80. The number of pyridine rings is 1. The van der Waals surface area contributed by atoms with Crippen LogP contribution in [-0.4, -0.2) is 14.6 Å². The zero-order chi connectivity index (χ0) is 9.42. The van der Waals surface area contributed by atoms with Crippen molar-refractivity contribution >= 4 is 16.9 Å². The number of anilines is 1. The van der Waals surface area contributed by atoms with Crippen molar-refractivity contribution in [2.75, 3.05) is 11.3 Å². The Balaban J connectivity index is 2.92. The lowest BCUT2D eigenvalue weighted by molar-refractivity contribution is 0.944. The van der Waals surface area contributed by atoms with Crippen molar-refractivity contribution in [3.63, 3.8) is 0 Å². The van der Waals surface area contributed by atoms with E-state index in [0.717, 1.165) is 4.68 Å².